The van der Waals surface area contributed by atoms with E-state index in [2.05, 4.69) is 15.3 Å². The summed E-state index contributed by atoms with van der Waals surface area (Å²) in [6, 6.07) is 15.8. The highest BCUT2D eigenvalue weighted by Gasteiger charge is 2.15. The molecule has 0 saturated heterocycles. The number of rotatable bonds is 7. The van der Waals surface area contributed by atoms with Gasteiger partial charge in [0.25, 0.3) is 5.56 Å². The lowest BCUT2D eigenvalue weighted by atomic mass is 10.0. The lowest BCUT2D eigenvalue weighted by Crippen LogP contribution is -2.27. The van der Waals surface area contributed by atoms with Crippen LogP contribution in [0.4, 0.5) is 4.39 Å². The molecule has 4 aromatic rings. The molecule has 7 heteroatoms. The third-order valence-electron chi connectivity index (χ3n) is 5.25. The molecule has 0 bridgehead atoms. The molecule has 31 heavy (non-hydrogen) atoms. The molecule has 0 atom stereocenters. The predicted molar refractivity (Wildman–Crippen MR) is 117 cm³/mol. The number of pyridine rings is 1. The largest absolute Gasteiger partial charge is 0.496 e. The minimum absolute atomic E-state index is 0.0802. The van der Waals surface area contributed by atoms with E-state index in [1.54, 1.807) is 18.2 Å². The smallest absolute Gasteiger partial charge is 0.256 e. The number of nitrogens with one attached hydrogen (secondary N) is 3. The molecule has 2 aromatic carbocycles. The Balaban J connectivity index is 1.52. The van der Waals surface area contributed by atoms with E-state index in [1.807, 2.05) is 24.3 Å². The second-order valence-electron chi connectivity index (χ2n) is 7.16. The summed E-state index contributed by atoms with van der Waals surface area (Å²) in [6.07, 6.45) is 2.23. The maximum Gasteiger partial charge on any atom is 0.256 e. The van der Waals surface area contributed by atoms with Gasteiger partial charge in [-0.2, -0.15) is 0 Å². The van der Waals surface area contributed by atoms with E-state index in [0.29, 0.717) is 17.7 Å². The van der Waals surface area contributed by atoms with E-state index in [0.717, 1.165) is 27.7 Å². The molecule has 0 aliphatic heterocycles. The number of halogens is 1. The highest BCUT2D eigenvalue weighted by atomic mass is 19.1. The van der Waals surface area contributed by atoms with Crippen LogP contribution in [0.2, 0.25) is 0 Å². The molecule has 3 N–H and O–H groups in total. The first-order valence-electron chi connectivity index (χ1n) is 9.93. The molecule has 0 spiro atoms. The van der Waals surface area contributed by atoms with Crippen molar-refractivity contribution >= 4 is 16.8 Å². The number of benzene rings is 2. The van der Waals surface area contributed by atoms with Crippen molar-refractivity contribution in [2.24, 2.45) is 0 Å². The van der Waals surface area contributed by atoms with Gasteiger partial charge in [-0.1, -0.05) is 18.2 Å². The Hall–Kier alpha value is -3.87. The van der Waals surface area contributed by atoms with Gasteiger partial charge in [0, 0.05) is 29.2 Å². The number of hydrogen-bond donors (Lipinski definition) is 3. The summed E-state index contributed by atoms with van der Waals surface area (Å²) in [5.41, 5.74) is 3.75. The molecule has 4 rings (SSSR count). The average molecular weight is 419 g/mol. The molecular formula is C24H22FN3O3. The summed E-state index contributed by atoms with van der Waals surface area (Å²) in [5.74, 6) is -0.0490. The maximum atomic E-state index is 13.4. The van der Waals surface area contributed by atoms with Crippen molar-refractivity contribution in [2.75, 3.05) is 7.11 Å². The quantitative estimate of drug-likeness (QED) is 0.424. The van der Waals surface area contributed by atoms with E-state index in [-0.39, 0.29) is 30.2 Å². The van der Waals surface area contributed by atoms with Crippen LogP contribution in [0.25, 0.3) is 22.2 Å². The number of fused-ring (bicyclic) bond motifs is 1. The number of para-hydroxylation sites is 1. The van der Waals surface area contributed by atoms with Gasteiger partial charge in [-0.05, 0) is 53.9 Å². The SMILES string of the molecule is COc1cc[nH]c(=O)c1CNC(=O)CCc1c(-c2ccc(F)cc2)[nH]c2ccccc12. The number of aryl methyl sites for hydroxylation is 1. The molecule has 0 saturated carbocycles. The van der Waals surface area contributed by atoms with Crippen molar-refractivity contribution in [3.05, 3.63) is 88.1 Å². The molecule has 0 aliphatic carbocycles. The van der Waals surface area contributed by atoms with Gasteiger partial charge in [0.05, 0.1) is 19.2 Å². The molecule has 2 aromatic heterocycles. The molecule has 0 aliphatic rings. The van der Waals surface area contributed by atoms with Gasteiger partial charge >= 0.3 is 0 Å². The first kappa shape index (κ1) is 20.4. The van der Waals surface area contributed by atoms with Crippen LogP contribution >= 0.6 is 0 Å². The Morgan fingerprint density at radius 3 is 2.61 bits per heavy atom. The number of carbonyl (C=O) groups is 1. The number of hydrogen-bond acceptors (Lipinski definition) is 3. The third-order valence-corrected chi connectivity index (χ3v) is 5.25. The van der Waals surface area contributed by atoms with Crippen molar-refractivity contribution < 1.29 is 13.9 Å². The molecule has 0 radical (unpaired) electrons. The average Bonchev–Trinajstić information content (AvgIpc) is 3.15. The Labute approximate surface area is 178 Å². The lowest BCUT2D eigenvalue weighted by molar-refractivity contribution is -0.121. The first-order valence-corrected chi connectivity index (χ1v) is 9.93. The second kappa shape index (κ2) is 8.87. The van der Waals surface area contributed by atoms with Crippen LogP contribution in [0.15, 0.2) is 65.6 Å². The fourth-order valence-electron chi connectivity index (χ4n) is 3.69. The third kappa shape index (κ3) is 4.35. The number of carbonyl (C=O) groups excluding carboxylic acids is 1. The fraction of sp³-hybridized carbons (Fsp3) is 0.167. The number of methoxy groups -OCH3 is 1. The van der Waals surface area contributed by atoms with Crippen LogP contribution in [0.3, 0.4) is 0 Å². The molecule has 6 nitrogen and oxygen atoms in total. The van der Waals surface area contributed by atoms with Gasteiger partial charge in [-0.3, -0.25) is 9.59 Å². The summed E-state index contributed by atoms with van der Waals surface area (Å²) in [5, 5.41) is 3.82. The number of aromatic nitrogens is 2. The minimum Gasteiger partial charge on any atom is -0.496 e. The zero-order valence-electron chi connectivity index (χ0n) is 17.0. The fourth-order valence-corrected chi connectivity index (χ4v) is 3.69. The molecule has 158 valence electrons. The van der Waals surface area contributed by atoms with Crippen molar-refractivity contribution in [1.82, 2.24) is 15.3 Å². The van der Waals surface area contributed by atoms with E-state index in [9.17, 15) is 14.0 Å². The molecule has 2 heterocycles. The zero-order valence-corrected chi connectivity index (χ0v) is 17.0. The van der Waals surface area contributed by atoms with Gasteiger partial charge < -0.3 is 20.0 Å². The van der Waals surface area contributed by atoms with E-state index in [1.165, 1.54) is 25.4 Å². The summed E-state index contributed by atoms with van der Waals surface area (Å²) in [7, 11) is 1.48. The predicted octanol–water partition coefficient (Wildman–Crippen LogP) is 3.92. The van der Waals surface area contributed by atoms with Crippen molar-refractivity contribution in [3.63, 3.8) is 0 Å². The Kier molecular flexibility index (Phi) is 5.84. The zero-order chi connectivity index (χ0) is 21.8. The van der Waals surface area contributed by atoms with E-state index >= 15 is 0 Å². The van der Waals surface area contributed by atoms with Crippen molar-refractivity contribution in [3.8, 4) is 17.0 Å². The van der Waals surface area contributed by atoms with Gasteiger partial charge in [0.1, 0.15) is 11.6 Å². The van der Waals surface area contributed by atoms with Crippen LogP contribution in [-0.4, -0.2) is 23.0 Å². The number of amides is 1. The van der Waals surface area contributed by atoms with E-state index in [4.69, 9.17) is 4.74 Å². The van der Waals surface area contributed by atoms with Gasteiger partial charge in [0.2, 0.25) is 5.91 Å². The number of ether oxygens (including phenoxy) is 1. The van der Waals surface area contributed by atoms with Crippen LogP contribution in [0, 0.1) is 5.82 Å². The maximum absolute atomic E-state index is 13.4. The Morgan fingerprint density at radius 1 is 1.06 bits per heavy atom. The highest BCUT2D eigenvalue weighted by molar-refractivity contribution is 5.91. The van der Waals surface area contributed by atoms with Crippen LogP contribution in [0.5, 0.6) is 5.75 Å². The monoisotopic (exact) mass is 419 g/mol. The Bertz CT molecular complexity index is 1280. The summed E-state index contributed by atoms with van der Waals surface area (Å²) >= 11 is 0. The summed E-state index contributed by atoms with van der Waals surface area (Å²) in [6.45, 7) is 0.0802. The minimum atomic E-state index is -0.299. The van der Waals surface area contributed by atoms with Gasteiger partial charge in [-0.25, -0.2) is 4.39 Å². The number of H-pyrrole nitrogens is 2. The van der Waals surface area contributed by atoms with Crippen molar-refractivity contribution in [2.45, 2.75) is 19.4 Å². The summed E-state index contributed by atoms with van der Waals surface area (Å²) in [4.78, 5) is 30.5. The molecule has 0 unspecified atom stereocenters. The topological polar surface area (TPSA) is 87.0 Å². The van der Waals surface area contributed by atoms with Gasteiger partial charge in [-0.15, -0.1) is 0 Å². The van der Waals surface area contributed by atoms with Crippen molar-refractivity contribution in [1.29, 1.82) is 0 Å². The molecular weight excluding hydrogens is 397 g/mol. The van der Waals surface area contributed by atoms with Crippen LogP contribution in [-0.2, 0) is 17.8 Å². The lowest BCUT2D eigenvalue weighted by Gasteiger charge is -2.09. The normalized spacial score (nSPS) is 10.9. The Morgan fingerprint density at radius 2 is 1.84 bits per heavy atom. The number of aromatic amines is 2. The summed E-state index contributed by atoms with van der Waals surface area (Å²) < 4.78 is 18.6. The first-order chi connectivity index (χ1) is 15.1. The van der Waals surface area contributed by atoms with Crippen LogP contribution in [0.1, 0.15) is 17.5 Å². The van der Waals surface area contributed by atoms with E-state index < -0.39 is 0 Å². The molecule has 0 fully saturated rings. The second-order valence-corrected chi connectivity index (χ2v) is 7.16. The highest BCUT2D eigenvalue weighted by Crippen LogP contribution is 2.31. The molecule has 1 amide bonds. The van der Waals surface area contributed by atoms with Crippen LogP contribution < -0.4 is 15.6 Å². The van der Waals surface area contributed by atoms with Gasteiger partial charge in [0.15, 0.2) is 0 Å². The standard InChI is InChI=1S/C24H22FN3O3/c1-31-21-12-13-26-24(30)19(21)14-27-22(29)11-10-18-17-4-2-3-5-20(17)28-23(18)15-6-8-16(25)9-7-15/h2-9,12-13,28H,10-11,14H2,1H3,(H,26,30)(H,27,29).